The maximum atomic E-state index is 14.0. The summed E-state index contributed by atoms with van der Waals surface area (Å²) in [5, 5.41) is 36.6. The third-order valence-corrected chi connectivity index (χ3v) is 5.98. The number of aliphatic hydroxyl groups is 2. The van der Waals surface area contributed by atoms with E-state index in [1.165, 1.54) is 12.1 Å². The Morgan fingerprint density at radius 3 is 2.84 bits per heavy atom. The Kier molecular flexibility index (Phi) is 5.16. The van der Waals surface area contributed by atoms with E-state index in [1.54, 1.807) is 0 Å². The molecule has 0 aliphatic carbocycles. The molecule has 9 heteroatoms. The third-order valence-electron chi connectivity index (χ3n) is 5.98. The number of nitrogens with one attached hydrogen (secondary N) is 2. The lowest BCUT2D eigenvalue weighted by atomic mass is 9.96. The predicted molar refractivity (Wildman–Crippen MR) is 117 cm³/mol. The number of imidazole rings is 1. The summed E-state index contributed by atoms with van der Waals surface area (Å²) in [6.07, 6.45) is 0.0216. The number of benzene rings is 2. The van der Waals surface area contributed by atoms with Crippen molar-refractivity contribution in [3.05, 3.63) is 53.1 Å². The van der Waals surface area contributed by atoms with Gasteiger partial charge in [-0.05, 0) is 47.4 Å². The molecule has 0 amide bonds. The Balaban J connectivity index is 1.49. The van der Waals surface area contributed by atoms with E-state index in [4.69, 9.17) is 4.98 Å². The molecule has 5 rings (SSSR count). The number of aromatic nitrogens is 4. The molecule has 0 fully saturated rings. The lowest BCUT2D eigenvalue weighted by Gasteiger charge is -2.26. The highest BCUT2D eigenvalue weighted by Crippen LogP contribution is 2.34. The molecule has 0 atom stereocenters. The van der Waals surface area contributed by atoms with Crippen molar-refractivity contribution in [2.24, 2.45) is 0 Å². The van der Waals surface area contributed by atoms with Crippen molar-refractivity contribution in [3.63, 3.8) is 0 Å². The van der Waals surface area contributed by atoms with Crippen molar-refractivity contribution >= 4 is 10.9 Å². The van der Waals surface area contributed by atoms with Gasteiger partial charge in [0.2, 0.25) is 0 Å². The summed E-state index contributed by atoms with van der Waals surface area (Å²) in [5.74, 6) is -0.332. The molecular formula is C23H24FN5O3. The van der Waals surface area contributed by atoms with Crippen LogP contribution in [0.15, 0.2) is 30.3 Å². The fourth-order valence-electron chi connectivity index (χ4n) is 4.38. The highest BCUT2D eigenvalue weighted by atomic mass is 19.1. The van der Waals surface area contributed by atoms with E-state index in [2.05, 4.69) is 15.2 Å². The molecule has 3 heterocycles. The summed E-state index contributed by atoms with van der Waals surface area (Å²) in [6.45, 7) is 3.44. The van der Waals surface area contributed by atoms with Gasteiger partial charge in [-0.2, -0.15) is 5.10 Å². The Bertz CT molecular complexity index is 1300. The standard InChI is InChI=1S/C23H24FN5O3/c1-2-12-8-20(30)16(24)9-15(12)13-3-4-14-18(7-13)27-28-22(14)23-25-17-5-6-29(11-21(31)32)10-19(17)26-23/h3-4,7-9,21,30-32H,2,5-6,10-11H2,1H3,(H,25,26)(H,27,28). The van der Waals surface area contributed by atoms with Gasteiger partial charge in [0.05, 0.1) is 16.9 Å². The molecule has 0 spiro atoms. The summed E-state index contributed by atoms with van der Waals surface area (Å²) in [5.41, 5.74) is 5.84. The SMILES string of the molecule is CCc1cc(O)c(F)cc1-c1ccc2c(-c3nc4c([nH]3)CN(CC(O)O)CC4)n[nH]c2c1. The van der Waals surface area contributed by atoms with Crippen LogP contribution in [0.5, 0.6) is 5.75 Å². The number of halogens is 1. The van der Waals surface area contributed by atoms with Crippen LogP contribution in [0.2, 0.25) is 0 Å². The molecule has 1 aliphatic rings. The zero-order chi connectivity index (χ0) is 22.4. The van der Waals surface area contributed by atoms with Gasteiger partial charge in [0.25, 0.3) is 0 Å². The molecule has 2 aromatic heterocycles. The van der Waals surface area contributed by atoms with Crippen LogP contribution in [0.4, 0.5) is 4.39 Å². The Labute approximate surface area is 183 Å². The summed E-state index contributed by atoms with van der Waals surface area (Å²) in [4.78, 5) is 10.0. The van der Waals surface area contributed by atoms with Crippen molar-refractivity contribution in [1.82, 2.24) is 25.1 Å². The number of aryl methyl sites for hydroxylation is 1. The largest absolute Gasteiger partial charge is 0.505 e. The molecule has 0 radical (unpaired) electrons. The summed E-state index contributed by atoms with van der Waals surface area (Å²) in [6, 6.07) is 8.61. The molecule has 0 unspecified atom stereocenters. The van der Waals surface area contributed by atoms with Gasteiger partial charge < -0.3 is 20.3 Å². The van der Waals surface area contributed by atoms with Crippen molar-refractivity contribution < 1.29 is 19.7 Å². The number of phenols is 1. The van der Waals surface area contributed by atoms with E-state index < -0.39 is 12.1 Å². The van der Waals surface area contributed by atoms with Crippen LogP contribution in [0.25, 0.3) is 33.5 Å². The maximum absolute atomic E-state index is 14.0. The Morgan fingerprint density at radius 1 is 1.22 bits per heavy atom. The van der Waals surface area contributed by atoms with Gasteiger partial charge in [0.15, 0.2) is 23.7 Å². The van der Waals surface area contributed by atoms with Crippen LogP contribution in [0.3, 0.4) is 0 Å². The van der Waals surface area contributed by atoms with Gasteiger partial charge in [0.1, 0.15) is 5.69 Å². The average Bonchev–Trinajstić information content (AvgIpc) is 3.37. The van der Waals surface area contributed by atoms with Gasteiger partial charge in [-0.1, -0.05) is 13.0 Å². The fraction of sp³-hybridized carbons (Fsp3) is 0.304. The molecule has 32 heavy (non-hydrogen) atoms. The number of H-pyrrole nitrogens is 2. The highest BCUT2D eigenvalue weighted by Gasteiger charge is 2.23. The second-order valence-corrected chi connectivity index (χ2v) is 8.12. The monoisotopic (exact) mass is 437 g/mol. The number of aromatic hydroxyl groups is 1. The first kappa shape index (κ1) is 20.6. The molecule has 166 valence electrons. The normalized spacial score (nSPS) is 14.4. The van der Waals surface area contributed by atoms with Crippen molar-refractivity contribution in [3.8, 4) is 28.4 Å². The number of nitrogens with zero attached hydrogens (tertiary/aromatic N) is 3. The van der Waals surface area contributed by atoms with E-state index in [9.17, 15) is 19.7 Å². The molecular weight excluding hydrogens is 413 g/mol. The van der Waals surface area contributed by atoms with E-state index in [0.717, 1.165) is 45.4 Å². The lowest BCUT2D eigenvalue weighted by molar-refractivity contribution is -0.0635. The number of aromatic amines is 2. The van der Waals surface area contributed by atoms with E-state index >= 15 is 0 Å². The molecule has 8 nitrogen and oxygen atoms in total. The van der Waals surface area contributed by atoms with Gasteiger partial charge in [-0.15, -0.1) is 0 Å². The second-order valence-electron chi connectivity index (χ2n) is 8.12. The van der Waals surface area contributed by atoms with Gasteiger partial charge in [0, 0.05) is 31.4 Å². The molecule has 0 bridgehead atoms. The zero-order valence-corrected chi connectivity index (χ0v) is 17.6. The lowest BCUT2D eigenvalue weighted by Crippen LogP contribution is -2.36. The summed E-state index contributed by atoms with van der Waals surface area (Å²) in [7, 11) is 0. The highest BCUT2D eigenvalue weighted by molar-refractivity contribution is 5.94. The van der Waals surface area contributed by atoms with Crippen LogP contribution >= 0.6 is 0 Å². The van der Waals surface area contributed by atoms with E-state index in [1.807, 2.05) is 30.0 Å². The minimum atomic E-state index is -1.36. The smallest absolute Gasteiger partial charge is 0.165 e. The molecule has 4 aromatic rings. The van der Waals surface area contributed by atoms with Crippen LogP contribution in [0, 0.1) is 5.82 Å². The van der Waals surface area contributed by atoms with Crippen molar-refractivity contribution in [2.45, 2.75) is 32.6 Å². The van der Waals surface area contributed by atoms with Crippen LogP contribution < -0.4 is 0 Å². The van der Waals surface area contributed by atoms with E-state index in [0.29, 0.717) is 31.0 Å². The summed E-state index contributed by atoms with van der Waals surface area (Å²) < 4.78 is 14.0. The predicted octanol–water partition coefficient (Wildman–Crippen LogP) is 2.70. The van der Waals surface area contributed by atoms with Crippen molar-refractivity contribution in [2.75, 3.05) is 13.1 Å². The fourth-order valence-corrected chi connectivity index (χ4v) is 4.38. The number of phenolic OH excluding ortho intramolecular Hbond substituents is 1. The number of hydrogen-bond donors (Lipinski definition) is 5. The first-order chi connectivity index (χ1) is 15.4. The third kappa shape index (κ3) is 3.64. The quantitative estimate of drug-likeness (QED) is 0.306. The van der Waals surface area contributed by atoms with Crippen molar-refractivity contribution in [1.29, 1.82) is 0 Å². The Hall–Kier alpha value is -3.27. The average molecular weight is 437 g/mol. The molecule has 1 aliphatic heterocycles. The minimum Gasteiger partial charge on any atom is -0.505 e. The first-order valence-electron chi connectivity index (χ1n) is 10.6. The van der Waals surface area contributed by atoms with Crippen LogP contribution in [0.1, 0.15) is 23.9 Å². The number of rotatable bonds is 5. The molecule has 0 saturated carbocycles. The van der Waals surface area contributed by atoms with Crippen LogP contribution in [-0.4, -0.2) is 59.8 Å². The Morgan fingerprint density at radius 2 is 2.06 bits per heavy atom. The van der Waals surface area contributed by atoms with Gasteiger partial charge >= 0.3 is 0 Å². The molecule has 0 saturated heterocycles. The number of aliphatic hydroxyl groups excluding tert-OH is 1. The topological polar surface area (TPSA) is 121 Å². The van der Waals surface area contributed by atoms with E-state index in [-0.39, 0.29) is 12.3 Å². The number of fused-ring (bicyclic) bond motifs is 2. The number of hydrogen-bond acceptors (Lipinski definition) is 6. The number of β-amino-alcohol motifs (C(OH)–C–C–N with tert-alkyl or cyclic N) is 2. The zero-order valence-electron chi connectivity index (χ0n) is 17.6. The molecule has 2 aromatic carbocycles. The summed E-state index contributed by atoms with van der Waals surface area (Å²) >= 11 is 0. The van der Waals surface area contributed by atoms with Gasteiger partial charge in [-0.25, -0.2) is 9.37 Å². The first-order valence-corrected chi connectivity index (χ1v) is 10.6. The van der Waals surface area contributed by atoms with Crippen LogP contribution in [-0.2, 0) is 19.4 Å². The van der Waals surface area contributed by atoms with Gasteiger partial charge in [-0.3, -0.25) is 10.00 Å². The minimum absolute atomic E-state index is 0.194. The second kappa shape index (κ2) is 8.01. The maximum Gasteiger partial charge on any atom is 0.165 e. The molecule has 5 N–H and O–H groups in total.